The van der Waals surface area contributed by atoms with Gasteiger partial charge in [-0.1, -0.05) is 23.2 Å². The number of hydrogen-bond donors (Lipinski definition) is 1. The Labute approximate surface area is 201 Å². The molecule has 0 fully saturated rings. The van der Waals surface area contributed by atoms with Crippen LogP contribution in [0.3, 0.4) is 0 Å². The fourth-order valence-corrected chi connectivity index (χ4v) is 3.60. The Morgan fingerprint density at radius 1 is 1.06 bits per heavy atom. The van der Waals surface area contributed by atoms with Crippen molar-refractivity contribution in [2.75, 3.05) is 19.0 Å². The summed E-state index contributed by atoms with van der Waals surface area (Å²) in [6, 6.07) is 13.4. The van der Waals surface area contributed by atoms with Gasteiger partial charge in [-0.25, -0.2) is 0 Å². The lowest BCUT2D eigenvalue weighted by molar-refractivity contribution is -0.122. The summed E-state index contributed by atoms with van der Waals surface area (Å²) < 4.78 is 18.5. The van der Waals surface area contributed by atoms with Gasteiger partial charge in [0.25, 0.3) is 5.91 Å². The van der Waals surface area contributed by atoms with Crippen LogP contribution in [-0.2, 0) is 11.3 Å². The van der Waals surface area contributed by atoms with Gasteiger partial charge in [0.15, 0.2) is 11.9 Å². The van der Waals surface area contributed by atoms with Crippen LogP contribution in [0.25, 0.3) is 0 Å². The summed E-state index contributed by atoms with van der Waals surface area (Å²) in [4.78, 5) is 25.0. The Bertz CT molecular complexity index is 1160. The van der Waals surface area contributed by atoms with Crippen molar-refractivity contribution in [3.63, 3.8) is 0 Å². The normalized spacial score (nSPS) is 11.5. The zero-order valence-corrected chi connectivity index (χ0v) is 19.9. The van der Waals surface area contributed by atoms with Crippen molar-refractivity contribution >= 4 is 34.8 Å². The number of aromatic nitrogens is 1. The second-order valence-corrected chi connectivity index (χ2v) is 8.09. The van der Waals surface area contributed by atoms with Crippen molar-refractivity contribution in [1.29, 1.82) is 0 Å². The van der Waals surface area contributed by atoms with Crippen LogP contribution in [0.1, 0.15) is 12.6 Å². The summed E-state index contributed by atoms with van der Waals surface area (Å²) >= 11 is 11.9. The van der Waals surface area contributed by atoms with Crippen molar-refractivity contribution in [1.82, 2.24) is 4.57 Å². The van der Waals surface area contributed by atoms with Crippen molar-refractivity contribution in [2.45, 2.75) is 26.5 Å². The molecule has 7 nitrogen and oxygen atoms in total. The zero-order valence-electron chi connectivity index (χ0n) is 18.4. The molecule has 174 valence electrons. The minimum absolute atomic E-state index is 0.105. The number of pyridine rings is 1. The molecular formula is C24H24Cl2N2O5. The first-order valence-corrected chi connectivity index (χ1v) is 10.9. The number of halogens is 2. The lowest BCUT2D eigenvalue weighted by Gasteiger charge is -2.19. The van der Waals surface area contributed by atoms with Crippen LogP contribution in [-0.4, -0.2) is 30.3 Å². The number of benzene rings is 2. The number of hydrogen-bond acceptors (Lipinski definition) is 5. The van der Waals surface area contributed by atoms with E-state index in [0.717, 1.165) is 5.75 Å². The number of ether oxygens (including phenoxy) is 3. The summed E-state index contributed by atoms with van der Waals surface area (Å²) in [5, 5.41) is 3.47. The fourth-order valence-electron chi connectivity index (χ4n) is 3.07. The Balaban J connectivity index is 1.64. The molecule has 33 heavy (non-hydrogen) atoms. The van der Waals surface area contributed by atoms with E-state index in [4.69, 9.17) is 37.4 Å². The van der Waals surface area contributed by atoms with E-state index < -0.39 is 12.0 Å². The topological polar surface area (TPSA) is 78.8 Å². The monoisotopic (exact) mass is 490 g/mol. The van der Waals surface area contributed by atoms with E-state index in [1.54, 1.807) is 45.4 Å². The van der Waals surface area contributed by atoms with Crippen molar-refractivity contribution < 1.29 is 19.0 Å². The highest BCUT2D eigenvalue weighted by Crippen LogP contribution is 2.23. The SMILES string of the molecule is COc1ccc(OCCn2ccc(=O)c(OC(C)C(=O)Nc3cc(Cl)cc(Cl)c3)c2C)cc1. The van der Waals surface area contributed by atoms with Crippen molar-refractivity contribution in [2.24, 2.45) is 0 Å². The summed E-state index contributed by atoms with van der Waals surface area (Å²) in [5.74, 6) is 1.12. The highest BCUT2D eigenvalue weighted by atomic mass is 35.5. The highest BCUT2D eigenvalue weighted by Gasteiger charge is 2.19. The van der Waals surface area contributed by atoms with E-state index in [1.807, 2.05) is 28.8 Å². The summed E-state index contributed by atoms with van der Waals surface area (Å²) in [7, 11) is 1.60. The van der Waals surface area contributed by atoms with E-state index in [0.29, 0.717) is 40.3 Å². The molecule has 0 radical (unpaired) electrons. The third-order valence-electron chi connectivity index (χ3n) is 4.84. The van der Waals surface area contributed by atoms with Gasteiger partial charge in [0.05, 0.1) is 19.3 Å². The smallest absolute Gasteiger partial charge is 0.265 e. The molecule has 1 unspecified atom stereocenters. The standard InChI is InChI=1S/C24H24Cl2N2O5/c1-15-23(33-16(2)24(30)27-19-13-17(25)12-18(26)14-19)22(29)8-9-28(15)10-11-32-21-6-4-20(31-3)5-7-21/h4-9,12-14,16H,10-11H2,1-3H3,(H,27,30). The average Bonchev–Trinajstić information content (AvgIpc) is 2.77. The van der Waals surface area contributed by atoms with Gasteiger partial charge in [-0.3, -0.25) is 9.59 Å². The maximum Gasteiger partial charge on any atom is 0.265 e. The Kier molecular flexibility index (Phi) is 8.25. The quantitative estimate of drug-likeness (QED) is 0.458. The highest BCUT2D eigenvalue weighted by molar-refractivity contribution is 6.35. The molecule has 0 aliphatic rings. The number of nitrogens with zero attached hydrogens (tertiary/aromatic N) is 1. The summed E-state index contributed by atoms with van der Waals surface area (Å²) in [6.45, 7) is 4.17. The predicted octanol–water partition coefficient (Wildman–Crippen LogP) is 4.96. The van der Waals surface area contributed by atoms with Crippen LogP contribution in [0.4, 0.5) is 5.69 Å². The number of amides is 1. The molecule has 2 aromatic carbocycles. The van der Waals surface area contributed by atoms with Crippen LogP contribution < -0.4 is 25.0 Å². The van der Waals surface area contributed by atoms with Crippen LogP contribution >= 0.6 is 23.2 Å². The summed E-state index contributed by atoms with van der Waals surface area (Å²) in [5.41, 5.74) is 0.711. The van der Waals surface area contributed by atoms with Gasteiger partial charge in [0.1, 0.15) is 18.1 Å². The number of carbonyl (C=O) groups excluding carboxylic acids is 1. The maximum absolute atomic E-state index is 12.6. The fraction of sp³-hybridized carbons (Fsp3) is 0.250. The van der Waals surface area contributed by atoms with Gasteiger partial charge in [-0.05, 0) is 56.3 Å². The second kappa shape index (κ2) is 11.1. The van der Waals surface area contributed by atoms with Gasteiger partial charge in [0.2, 0.25) is 5.43 Å². The Morgan fingerprint density at radius 3 is 2.33 bits per heavy atom. The third-order valence-corrected chi connectivity index (χ3v) is 5.28. The first kappa shape index (κ1) is 24.5. The summed E-state index contributed by atoms with van der Waals surface area (Å²) in [6.07, 6.45) is 0.737. The van der Waals surface area contributed by atoms with Gasteiger partial charge in [-0.15, -0.1) is 0 Å². The van der Waals surface area contributed by atoms with Crippen LogP contribution in [0.15, 0.2) is 59.5 Å². The van der Waals surface area contributed by atoms with Gasteiger partial charge in [0, 0.05) is 28.0 Å². The molecule has 1 amide bonds. The molecule has 0 spiro atoms. The number of anilines is 1. The first-order valence-electron chi connectivity index (χ1n) is 10.2. The van der Waals surface area contributed by atoms with Crippen LogP contribution in [0.2, 0.25) is 10.0 Å². The molecule has 0 saturated carbocycles. The molecule has 0 aliphatic carbocycles. The Morgan fingerprint density at radius 2 is 1.70 bits per heavy atom. The van der Waals surface area contributed by atoms with Crippen molar-refractivity contribution in [3.05, 3.63) is 80.7 Å². The minimum Gasteiger partial charge on any atom is -0.497 e. The van der Waals surface area contributed by atoms with Crippen molar-refractivity contribution in [3.8, 4) is 17.2 Å². The van der Waals surface area contributed by atoms with E-state index in [2.05, 4.69) is 5.32 Å². The molecule has 3 aromatic rings. The second-order valence-electron chi connectivity index (χ2n) is 7.22. The van der Waals surface area contributed by atoms with Crippen LogP contribution in [0.5, 0.6) is 17.2 Å². The predicted molar refractivity (Wildman–Crippen MR) is 129 cm³/mol. The number of methoxy groups -OCH3 is 1. The van der Waals surface area contributed by atoms with E-state index in [-0.39, 0.29) is 11.2 Å². The van der Waals surface area contributed by atoms with Gasteiger partial charge < -0.3 is 24.1 Å². The van der Waals surface area contributed by atoms with Crippen LogP contribution in [0, 0.1) is 6.92 Å². The van der Waals surface area contributed by atoms with E-state index >= 15 is 0 Å². The molecule has 1 heterocycles. The molecular weight excluding hydrogens is 467 g/mol. The van der Waals surface area contributed by atoms with Gasteiger partial charge >= 0.3 is 0 Å². The van der Waals surface area contributed by atoms with Gasteiger partial charge in [-0.2, -0.15) is 0 Å². The molecule has 9 heteroatoms. The van der Waals surface area contributed by atoms with E-state index in [9.17, 15) is 9.59 Å². The lowest BCUT2D eigenvalue weighted by Crippen LogP contribution is -2.32. The number of carbonyl (C=O) groups is 1. The molecule has 1 aromatic heterocycles. The third kappa shape index (κ3) is 6.66. The zero-order chi connectivity index (χ0) is 24.0. The molecule has 1 N–H and O–H groups in total. The molecule has 3 rings (SSSR count). The number of rotatable bonds is 9. The maximum atomic E-state index is 12.6. The van der Waals surface area contributed by atoms with E-state index in [1.165, 1.54) is 6.07 Å². The average molecular weight is 491 g/mol. The largest absolute Gasteiger partial charge is 0.497 e. The number of nitrogens with one attached hydrogen (secondary N) is 1. The molecule has 0 bridgehead atoms. The Hall–Kier alpha value is -3.16. The molecule has 1 atom stereocenters. The lowest BCUT2D eigenvalue weighted by atomic mass is 10.2. The molecule has 0 saturated heterocycles. The first-order chi connectivity index (χ1) is 15.8. The minimum atomic E-state index is -0.930. The molecule has 0 aliphatic heterocycles.